The average Bonchev–Trinajstić information content (AvgIpc) is 2.63. The number of rotatable bonds is 8. The van der Waals surface area contributed by atoms with Crippen molar-refractivity contribution in [2.45, 2.75) is 37.3 Å². The Morgan fingerprint density at radius 2 is 1.70 bits per heavy atom. The number of benzene rings is 2. The third kappa shape index (κ3) is 7.81. The summed E-state index contributed by atoms with van der Waals surface area (Å²) in [5.41, 5.74) is 0.490. The maximum absolute atomic E-state index is 13.5. The van der Waals surface area contributed by atoms with E-state index in [1.165, 1.54) is 11.8 Å². The maximum atomic E-state index is 13.5. The highest BCUT2D eigenvalue weighted by molar-refractivity contribution is 8.03. The van der Waals surface area contributed by atoms with Crippen LogP contribution in [0, 0.1) is 6.92 Å². The van der Waals surface area contributed by atoms with Crippen molar-refractivity contribution in [1.82, 2.24) is 0 Å². The fraction of sp³-hybridized carbons (Fsp3) is 0.286. The minimum absolute atomic E-state index is 0.279. The standard InChI is InChI=1S/C21H21ClF3NS/c1-16-10-12-18(13-11-16)27-19(9-5-6-14-22)15-20(21(23,24)25)26-17-7-3-2-4-8-17/h2-4,7-8,10-13,15H,5-6,9,14H2,1H3/b19-15-,26-20?. The fourth-order valence-corrected chi connectivity index (χ4v) is 3.46. The zero-order valence-corrected chi connectivity index (χ0v) is 16.5. The van der Waals surface area contributed by atoms with Gasteiger partial charge >= 0.3 is 6.18 Å². The van der Waals surface area contributed by atoms with Crippen molar-refractivity contribution in [3.05, 3.63) is 71.1 Å². The Morgan fingerprint density at radius 3 is 2.30 bits per heavy atom. The number of nitrogens with zero attached hydrogens (tertiary/aromatic N) is 1. The molecule has 2 aromatic carbocycles. The molecule has 0 aliphatic heterocycles. The number of hydrogen-bond acceptors (Lipinski definition) is 2. The van der Waals surface area contributed by atoms with Crippen LogP contribution in [-0.4, -0.2) is 17.8 Å². The van der Waals surface area contributed by atoms with Gasteiger partial charge in [0, 0.05) is 10.8 Å². The van der Waals surface area contributed by atoms with E-state index in [4.69, 9.17) is 11.6 Å². The molecule has 0 aromatic heterocycles. The van der Waals surface area contributed by atoms with Crippen molar-refractivity contribution in [3.63, 3.8) is 0 Å². The molecule has 0 spiro atoms. The molecule has 0 aliphatic carbocycles. The molecule has 0 fully saturated rings. The molecule has 2 rings (SSSR count). The van der Waals surface area contributed by atoms with Crippen LogP contribution < -0.4 is 0 Å². The van der Waals surface area contributed by atoms with Crippen LogP contribution in [0.3, 0.4) is 0 Å². The molecule has 0 atom stereocenters. The molecule has 0 N–H and O–H groups in total. The Labute approximate surface area is 167 Å². The van der Waals surface area contributed by atoms with Crippen molar-refractivity contribution in [3.8, 4) is 0 Å². The Kier molecular flexibility index (Phi) is 8.45. The third-order valence-electron chi connectivity index (χ3n) is 3.67. The summed E-state index contributed by atoms with van der Waals surface area (Å²) < 4.78 is 40.6. The molecule has 0 saturated heterocycles. The van der Waals surface area contributed by atoms with E-state index in [0.29, 0.717) is 17.2 Å². The second-order valence-electron chi connectivity index (χ2n) is 6.00. The van der Waals surface area contributed by atoms with Gasteiger partial charge in [0.15, 0.2) is 0 Å². The first-order chi connectivity index (χ1) is 12.9. The zero-order valence-electron chi connectivity index (χ0n) is 15.0. The minimum Gasteiger partial charge on any atom is -0.244 e. The van der Waals surface area contributed by atoms with E-state index in [0.717, 1.165) is 29.4 Å². The topological polar surface area (TPSA) is 12.4 Å². The van der Waals surface area contributed by atoms with Gasteiger partial charge in [-0.2, -0.15) is 13.2 Å². The maximum Gasteiger partial charge on any atom is 0.433 e. The second-order valence-corrected chi connectivity index (χ2v) is 7.58. The van der Waals surface area contributed by atoms with Gasteiger partial charge in [0.25, 0.3) is 0 Å². The molecule has 2 aromatic rings. The number of allylic oxidation sites excluding steroid dienone is 2. The quantitative estimate of drug-likeness (QED) is 0.187. The molecule has 0 saturated carbocycles. The van der Waals surface area contributed by atoms with Crippen LogP contribution in [0.4, 0.5) is 18.9 Å². The first kappa shape index (κ1) is 21.6. The van der Waals surface area contributed by atoms with Gasteiger partial charge in [0.1, 0.15) is 5.71 Å². The zero-order chi connectivity index (χ0) is 19.7. The molecule has 0 amide bonds. The molecular weight excluding hydrogens is 391 g/mol. The van der Waals surface area contributed by atoms with Gasteiger partial charge in [0.2, 0.25) is 0 Å². The summed E-state index contributed by atoms with van der Waals surface area (Å²) in [7, 11) is 0. The van der Waals surface area contributed by atoms with E-state index in [1.807, 2.05) is 31.2 Å². The summed E-state index contributed by atoms with van der Waals surface area (Å²) in [5, 5.41) is 0. The van der Waals surface area contributed by atoms with Crippen LogP contribution in [0.5, 0.6) is 0 Å². The van der Waals surface area contributed by atoms with Crippen LogP contribution >= 0.6 is 23.4 Å². The highest BCUT2D eigenvalue weighted by Crippen LogP contribution is 2.33. The van der Waals surface area contributed by atoms with E-state index in [-0.39, 0.29) is 5.69 Å². The van der Waals surface area contributed by atoms with Crippen molar-refractivity contribution in [1.29, 1.82) is 0 Å². The Hall–Kier alpha value is -1.72. The SMILES string of the molecule is Cc1ccc(S/C(=C\C(=Nc2ccccc2)C(F)(F)F)CCCCCl)cc1. The number of aryl methyl sites for hydroxylation is 1. The molecule has 144 valence electrons. The molecule has 0 bridgehead atoms. The number of hydrogen-bond donors (Lipinski definition) is 0. The molecule has 1 nitrogen and oxygen atoms in total. The lowest BCUT2D eigenvalue weighted by Gasteiger charge is -2.11. The van der Waals surface area contributed by atoms with E-state index < -0.39 is 11.9 Å². The molecule has 0 unspecified atom stereocenters. The number of aliphatic imine (C=N–C) groups is 1. The lowest BCUT2D eigenvalue weighted by molar-refractivity contribution is -0.0576. The normalized spacial score (nSPS) is 13.1. The summed E-state index contributed by atoms with van der Waals surface area (Å²) in [6.45, 7) is 1.97. The third-order valence-corrected chi connectivity index (χ3v) is 5.03. The van der Waals surface area contributed by atoms with Gasteiger partial charge in [-0.05, 0) is 61.4 Å². The summed E-state index contributed by atoms with van der Waals surface area (Å²) in [6, 6.07) is 15.9. The number of alkyl halides is 4. The van der Waals surface area contributed by atoms with Crippen molar-refractivity contribution in [2.24, 2.45) is 4.99 Å². The molecule has 0 radical (unpaired) electrons. The Morgan fingerprint density at radius 1 is 1.04 bits per heavy atom. The van der Waals surface area contributed by atoms with E-state index in [9.17, 15) is 13.2 Å². The smallest absolute Gasteiger partial charge is 0.244 e. The van der Waals surface area contributed by atoms with Gasteiger partial charge in [-0.1, -0.05) is 47.7 Å². The van der Waals surface area contributed by atoms with Crippen LogP contribution in [-0.2, 0) is 0 Å². The largest absolute Gasteiger partial charge is 0.433 e. The summed E-state index contributed by atoms with van der Waals surface area (Å²) in [5.74, 6) is 0.493. The fourth-order valence-electron chi connectivity index (χ4n) is 2.28. The molecular formula is C21H21ClF3NS. The van der Waals surface area contributed by atoms with Crippen LogP contribution in [0.15, 0.2) is 75.5 Å². The predicted molar refractivity (Wildman–Crippen MR) is 109 cm³/mol. The van der Waals surface area contributed by atoms with E-state index >= 15 is 0 Å². The Bertz CT molecular complexity index is 768. The molecule has 27 heavy (non-hydrogen) atoms. The number of thioether (sulfide) groups is 1. The molecule has 0 aliphatic rings. The Balaban J connectivity index is 2.34. The van der Waals surface area contributed by atoms with Crippen molar-refractivity contribution < 1.29 is 13.2 Å². The van der Waals surface area contributed by atoms with Crippen molar-refractivity contribution >= 4 is 34.8 Å². The average molecular weight is 412 g/mol. The highest BCUT2D eigenvalue weighted by atomic mass is 35.5. The highest BCUT2D eigenvalue weighted by Gasteiger charge is 2.34. The summed E-state index contributed by atoms with van der Waals surface area (Å²) in [6.07, 6.45) is -1.36. The number of unbranched alkanes of at least 4 members (excludes halogenated alkanes) is 1. The number of halogens is 4. The van der Waals surface area contributed by atoms with Crippen LogP contribution in [0.2, 0.25) is 0 Å². The summed E-state index contributed by atoms with van der Waals surface area (Å²) in [4.78, 5) is 5.35. The lowest BCUT2D eigenvalue weighted by atomic mass is 10.2. The minimum atomic E-state index is -4.53. The van der Waals surface area contributed by atoms with Gasteiger partial charge in [0.05, 0.1) is 5.69 Å². The second kappa shape index (κ2) is 10.6. The van der Waals surface area contributed by atoms with E-state index in [2.05, 4.69) is 4.99 Å². The van der Waals surface area contributed by atoms with Crippen LogP contribution in [0.1, 0.15) is 24.8 Å². The first-order valence-electron chi connectivity index (χ1n) is 8.60. The molecule has 6 heteroatoms. The first-order valence-corrected chi connectivity index (χ1v) is 9.95. The van der Waals surface area contributed by atoms with E-state index in [1.54, 1.807) is 30.3 Å². The predicted octanol–water partition coefficient (Wildman–Crippen LogP) is 7.72. The monoisotopic (exact) mass is 411 g/mol. The summed E-state index contributed by atoms with van der Waals surface area (Å²) >= 11 is 7.06. The lowest BCUT2D eigenvalue weighted by Crippen LogP contribution is -2.21. The van der Waals surface area contributed by atoms with Gasteiger partial charge in [-0.3, -0.25) is 0 Å². The molecule has 0 heterocycles. The van der Waals surface area contributed by atoms with Gasteiger partial charge in [-0.15, -0.1) is 11.6 Å². The van der Waals surface area contributed by atoms with Gasteiger partial charge in [-0.25, -0.2) is 4.99 Å². The van der Waals surface area contributed by atoms with Crippen LogP contribution in [0.25, 0.3) is 0 Å². The van der Waals surface area contributed by atoms with Gasteiger partial charge < -0.3 is 0 Å². The number of para-hydroxylation sites is 1. The van der Waals surface area contributed by atoms with Crippen molar-refractivity contribution in [2.75, 3.05) is 5.88 Å².